The fraction of sp³-hybridized carbons (Fsp3) is 0.385. The highest BCUT2D eigenvalue weighted by Crippen LogP contribution is 2.34. The minimum Gasteiger partial charge on any atom is -0.519 e. The molecule has 1 aromatic rings. The lowest BCUT2D eigenvalue weighted by Crippen LogP contribution is -2.27. The Morgan fingerprint density at radius 2 is 1.81 bits per heavy atom. The van der Waals surface area contributed by atoms with Gasteiger partial charge in [0.25, 0.3) is 0 Å². The van der Waals surface area contributed by atoms with Crippen molar-refractivity contribution in [3.05, 3.63) is 35.8 Å². The van der Waals surface area contributed by atoms with Gasteiger partial charge in [0.2, 0.25) is 0 Å². The molecule has 1 aliphatic heterocycles. The molecular formula is C13H17BO2. The molecular weight excluding hydrogens is 199 g/mol. The fourth-order valence-corrected chi connectivity index (χ4v) is 1.79. The SMILES string of the molecule is CCC/C=C(\CC)B1Oc2ccccc2O1. The first-order valence-corrected chi connectivity index (χ1v) is 5.96. The summed E-state index contributed by atoms with van der Waals surface area (Å²) >= 11 is 0. The molecule has 1 aliphatic rings. The van der Waals surface area contributed by atoms with E-state index in [0.29, 0.717) is 0 Å². The minimum atomic E-state index is -0.214. The Hall–Kier alpha value is -1.38. The lowest BCUT2D eigenvalue weighted by Gasteiger charge is -2.07. The fourth-order valence-electron chi connectivity index (χ4n) is 1.79. The molecule has 0 amide bonds. The molecule has 0 radical (unpaired) electrons. The number of hydrogen-bond donors (Lipinski definition) is 0. The van der Waals surface area contributed by atoms with Crippen molar-refractivity contribution in [1.29, 1.82) is 0 Å². The van der Waals surface area contributed by atoms with Gasteiger partial charge < -0.3 is 9.31 Å². The Morgan fingerprint density at radius 3 is 2.31 bits per heavy atom. The quantitative estimate of drug-likeness (QED) is 0.715. The highest BCUT2D eigenvalue weighted by molar-refractivity contribution is 6.56. The molecule has 0 aromatic heterocycles. The van der Waals surface area contributed by atoms with E-state index < -0.39 is 0 Å². The summed E-state index contributed by atoms with van der Waals surface area (Å²) in [6.45, 7) is 4.31. The van der Waals surface area contributed by atoms with Gasteiger partial charge in [0.05, 0.1) is 0 Å². The first-order valence-electron chi connectivity index (χ1n) is 5.96. The van der Waals surface area contributed by atoms with Gasteiger partial charge in [0.15, 0.2) is 0 Å². The van der Waals surface area contributed by atoms with E-state index in [2.05, 4.69) is 19.9 Å². The molecule has 2 nitrogen and oxygen atoms in total. The van der Waals surface area contributed by atoms with Gasteiger partial charge in [-0.05, 0) is 30.4 Å². The zero-order chi connectivity index (χ0) is 11.4. The number of rotatable bonds is 4. The highest BCUT2D eigenvalue weighted by Gasteiger charge is 2.34. The van der Waals surface area contributed by atoms with E-state index in [9.17, 15) is 0 Å². The maximum atomic E-state index is 5.77. The van der Waals surface area contributed by atoms with Crippen LogP contribution in [0, 0.1) is 0 Å². The van der Waals surface area contributed by atoms with Gasteiger partial charge in [0.1, 0.15) is 11.5 Å². The second-order valence-corrected chi connectivity index (χ2v) is 3.94. The van der Waals surface area contributed by atoms with Gasteiger partial charge in [-0.3, -0.25) is 0 Å². The van der Waals surface area contributed by atoms with Crippen molar-refractivity contribution in [3.63, 3.8) is 0 Å². The van der Waals surface area contributed by atoms with E-state index in [4.69, 9.17) is 9.31 Å². The van der Waals surface area contributed by atoms with Crippen molar-refractivity contribution in [1.82, 2.24) is 0 Å². The molecule has 1 aromatic carbocycles. The summed E-state index contributed by atoms with van der Waals surface area (Å²) in [4.78, 5) is 0. The van der Waals surface area contributed by atoms with Crippen LogP contribution in [-0.2, 0) is 0 Å². The van der Waals surface area contributed by atoms with Crippen LogP contribution in [0.4, 0.5) is 0 Å². The standard InChI is InChI=1S/C13H17BO2/c1-3-5-8-11(4-2)14-15-12-9-6-7-10-13(12)16-14/h6-10H,3-5H2,1-2H3/b11-8+. The van der Waals surface area contributed by atoms with E-state index in [1.54, 1.807) is 0 Å². The summed E-state index contributed by atoms with van der Waals surface area (Å²) in [5.41, 5.74) is 1.23. The van der Waals surface area contributed by atoms with Crippen LogP contribution in [0.2, 0.25) is 0 Å². The number of benzene rings is 1. The molecule has 0 aliphatic carbocycles. The van der Waals surface area contributed by atoms with Gasteiger partial charge in [-0.2, -0.15) is 0 Å². The van der Waals surface area contributed by atoms with E-state index >= 15 is 0 Å². The van der Waals surface area contributed by atoms with Crippen molar-refractivity contribution in [2.75, 3.05) is 0 Å². The van der Waals surface area contributed by atoms with Crippen LogP contribution in [0.5, 0.6) is 11.5 Å². The third-order valence-corrected chi connectivity index (χ3v) is 2.72. The summed E-state index contributed by atoms with van der Waals surface area (Å²) in [5, 5.41) is 0. The first kappa shape index (κ1) is 11.1. The molecule has 0 atom stereocenters. The van der Waals surface area contributed by atoms with Gasteiger partial charge in [-0.1, -0.05) is 38.5 Å². The second kappa shape index (κ2) is 5.11. The van der Waals surface area contributed by atoms with Crippen LogP contribution in [0.3, 0.4) is 0 Å². The third-order valence-electron chi connectivity index (χ3n) is 2.72. The summed E-state index contributed by atoms with van der Waals surface area (Å²) < 4.78 is 11.5. The Bertz CT molecular complexity index is 362. The van der Waals surface area contributed by atoms with E-state index in [1.807, 2.05) is 24.3 Å². The highest BCUT2D eigenvalue weighted by atomic mass is 16.6. The van der Waals surface area contributed by atoms with Crippen molar-refractivity contribution in [2.24, 2.45) is 0 Å². The lowest BCUT2D eigenvalue weighted by molar-refractivity contribution is 0.508. The molecule has 84 valence electrons. The monoisotopic (exact) mass is 216 g/mol. The molecule has 0 N–H and O–H groups in total. The third kappa shape index (κ3) is 2.24. The van der Waals surface area contributed by atoms with Crippen molar-refractivity contribution in [3.8, 4) is 11.5 Å². The maximum absolute atomic E-state index is 5.77. The van der Waals surface area contributed by atoms with Gasteiger partial charge >= 0.3 is 7.12 Å². The summed E-state index contributed by atoms with van der Waals surface area (Å²) in [7, 11) is -0.214. The smallest absolute Gasteiger partial charge is 0.519 e. The Morgan fingerprint density at radius 1 is 1.19 bits per heavy atom. The largest absolute Gasteiger partial charge is 0.628 e. The van der Waals surface area contributed by atoms with Crippen LogP contribution < -0.4 is 9.31 Å². The Labute approximate surface area is 97.4 Å². The molecule has 2 rings (SSSR count). The maximum Gasteiger partial charge on any atom is 0.628 e. The predicted molar refractivity (Wildman–Crippen MR) is 66.7 cm³/mol. The van der Waals surface area contributed by atoms with Crippen molar-refractivity contribution < 1.29 is 9.31 Å². The average molecular weight is 216 g/mol. The first-order chi connectivity index (χ1) is 7.85. The van der Waals surface area contributed by atoms with Crippen molar-refractivity contribution >= 4 is 7.12 Å². The van der Waals surface area contributed by atoms with Gasteiger partial charge in [0, 0.05) is 0 Å². The molecule has 0 saturated carbocycles. The molecule has 1 heterocycles. The molecule has 16 heavy (non-hydrogen) atoms. The van der Waals surface area contributed by atoms with Crippen LogP contribution in [0.1, 0.15) is 33.1 Å². The molecule has 0 saturated heterocycles. The Balaban J connectivity index is 2.09. The van der Waals surface area contributed by atoms with Gasteiger partial charge in [-0.15, -0.1) is 0 Å². The van der Waals surface area contributed by atoms with E-state index in [0.717, 1.165) is 30.8 Å². The number of hydrogen-bond acceptors (Lipinski definition) is 2. The molecule has 0 spiro atoms. The molecule has 0 fully saturated rings. The summed E-state index contributed by atoms with van der Waals surface area (Å²) in [6.07, 6.45) is 5.45. The van der Waals surface area contributed by atoms with Crippen LogP contribution in [0.25, 0.3) is 0 Å². The summed E-state index contributed by atoms with van der Waals surface area (Å²) in [6, 6.07) is 7.82. The van der Waals surface area contributed by atoms with E-state index in [1.165, 1.54) is 5.47 Å². The number of allylic oxidation sites excluding steroid dienone is 2. The van der Waals surface area contributed by atoms with Crippen molar-refractivity contribution in [2.45, 2.75) is 33.1 Å². The van der Waals surface area contributed by atoms with Crippen LogP contribution in [-0.4, -0.2) is 7.12 Å². The molecule has 0 bridgehead atoms. The van der Waals surface area contributed by atoms with Crippen LogP contribution in [0.15, 0.2) is 35.8 Å². The zero-order valence-electron chi connectivity index (χ0n) is 9.90. The number of unbranched alkanes of at least 4 members (excludes halogenated alkanes) is 1. The average Bonchev–Trinajstić information content (AvgIpc) is 2.73. The topological polar surface area (TPSA) is 18.5 Å². The van der Waals surface area contributed by atoms with Crippen LogP contribution >= 0.6 is 0 Å². The Kier molecular flexibility index (Phi) is 3.55. The number of para-hydroxylation sites is 2. The lowest BCUT2D eigenvalue weighted by atomic mass is 9.76. The minimum absolute atomic E-state index is 0.214. The van der Waals surface area contributed by atoms with E-state index in [-0.39, 0.29) is 7.12 Å². The second-order valence-electron chi connectivity index (χ2n) is 3.94. The number of fused-ring (bicyclic) bond motifs is 1. The normalized spacial score (nSPS) is 14.4. The van der Waals surface area contributed by atoms with Gasteiger partial charge in [-0.25, -0.2) is 0 Å². The molecule has 3 heteroatoms. The zero-order valence-corrected chi connectivity index (χ0v) is 9.90. The predicted octanol–water partition coefficient (Wildman–Crippen LogP) is 3.62. The summed E-state index contributed by atoms with van der Waals surface area (Å²) in [5.74, 6) is 1.70. The molecule has 0 unspecified atom stereocenters.